The van der Waals surface area contributed by atoms with E-state index >= 15 is 0 Å². The Labute approximate surface area is 128 Å². The molecule has 22 heavy (non-hydrogen) atoms. The first kappa shape index (κ1) is 14.3. The van der Waals surface area contributed by atoms with Gasteiger partial charge in [-0.25, -0.2) is 0 Å². The lowest BCUT2D eigenvalue weighted by Gasteiger charge is -2.22. The predicted octanol–water partition coefficient (Wildman–Crippen LogP) is 1.40. The zero-order valence-corrected chi connectivity index (χ0v) is 12.2. The van der Waals surface area contributed by atoms with E-state index in [0.29, 0.717) is 37.3 Å². The lowest BCUT2D eigenvalue weighted by Crippen LogP contribution is -2.37. The first-order valence-corrected chi connectivity index (χ1v) is 7.37. The molecule has 2 aromatic rings. The largest absolute Gasteiger partial charge is 0.367 e. The molecule has 3 rings (SSSR count). The predicted molar refractivity (Wildman–Crippen MR) is 81.5 cm³/mol. The van der Waals surface area contributed by atoms with Crippen LogP contribution in [0.4, 0.5) is 0 Å². The fourth-order valence-corrected chi connectivity index (χ4v) is 2.63. The Balaban J connectivity index is 1.65. The smallest absolute Gasteiger partial charge is 0.255 e. The molecule has 0 spiro atoms. The highest BCUT2D eigenvalue weighted by atomic mass is 16.2. The van der Waals surface area contributed by atoms with Crippen molar-refractivity contribution in [3.63, 3.8) is 0 Å². The van der Waals surface area contributed by atoms with Crippen LogP contribution in [0, 0.1) is 0 Å². The number of rotatable bonds is 2. The minimum absolute atomic E-state index is 0.0110. The van der Waals surface area contributed by atoms with Crippen LogP contribution in [0.25, 0.3) is 0 Å². The molecule has 3 heterocycles. The molecule has 114 valence electrons. The summed E-state index contributed by atoms with van der Waals surface area (Å²) in [5, 5.41) is 0. The summed E-state index contributed by atoms with van der Waals surface area (Å²) in [6, 6.07) is 5.29. The molecule has 6 nitrogen and oxygen atoms in total. The monoisotopic (exact) mass is 298 g/mol. The number of amides is 2. The van der Waals surface area contributed by atoms with Crippen LogP contribution in [0.15, 0.2) is 43.0 Å². The van der Waals surface area contributed by atoms with E-state index in [0.717, 1.165) is 6.42 Å². The maximum Gasteiger partial charge on any atom is 0.255 e. The van der Waals surface area contributed by atoms with Crippen molar-refractivity contribution in [2.45, 2.75) is 6.42 Å². The molecule has 1 fully saturated rings. The Morgan fingerprint density at radius 1 is 1.00 bits per heavy atom. The van der Waals surface area contributed by atoms with Crippen LogP contribution in [-0.4, -0.2) is 57.8 Å². The Morgan fingerprint density at radius 3 is 2.32 bits per heavy atom. The van der Waals surface area contributed by atoms with Crippen molar-refractivity contribution < 1.29 is 9.59 Å². The van der Waals surface area contributed by atoms with Gasteiger partial charge in [0.15, 0.2) is 0 Å². The van der Waals surface area contributed by atoms with Crippen molar-refractivity contribution in [3.8, 4) is 0 Å². The molecule has 0 unspecified atom stereocenters. The summed E-state index contributed by atoms with van der Waals surface area (Å²) in [6.45, 7) is 2.42. The average molecular weight is 298 g/mol. The third-order valence-corrected chi connectivity index (χ3v) is 3.82. The molecule has 1 N–H and O–H groups in total. The van der Waals surface area contributed by atoms with Crippen LogP contribution in [-0.2, 0) is 0 Å². The first-order chi connectivity index (χ1) is 10.8. The van der Waals surface area contributed by atoms with E-state index in [4.69, 9.17) is 0 Å². The Morgan fingerprint density at radius 2 is 1.73 bits per heavy atom. The summed E-state index contributed by atoms with van der Waals surface area (Å²) >= 11 is 0. The second-order valence-corrected chi connectivity index (χ2v) is 5.28. The average Bonchev–Trinajstić information content (AvgIpc) is 2.99. The summed E-state index contributed by atoms with van der Waals surface area (Å²) in [5.41, 5.74) is 1.25. The van der Waals surface area contributed by atoms with E-state index in [2.05, 4.69) is 9.97 Å². The number of nitrogens with zero attached hydrogens (tertiary/aromatic N) is 3. The van der Waals surface area contributed by atoms with Crippen molar-refractivity contribution in [2.24, 2.45) is 0 Å². The number of hydrogen-bond donors (Lipinski definition) is 1. The van der Waals surface area contributed by atoms with Gasteiger partial charge in [0.2, 0.25) is 0 Å². The van der Waals surface area contributed by atoms with Gasteiger partial charge in [0.25, 0.3) is 11.8 Å². The molecule has 6 heteroatoms. The number of carbonyl (C=O) groups is 2. The lowest BCUT2D eigenvalue weighted by atomic mass is 10.2. The number of pyridine rings is 1. The zero-order valence-electron chi connectivity index (χ0n) is 12.2. The Bertz CT molecular complexity index is 639. The van der Waals surface area contributed by atoms with Crippen molar-refractivity contribution in [1.82, 2.24) is 19.8 Å². The second kappa shape index (κ2) is 6.43. The molecule has 0 aliphatic carbocycles. The number of nitrogens with one attached hydrogen (secondary N) is 1. The van der Waals surface area contributed by atoms with Gasteiger partial charge in [0.05, 0.1) is 11.1 Å². The van der Waals surface area contributed by atoms with Gasteiger partial charge in [-0.15, -0.1) is 0 Å². The number of aromatic nitrogens is 2. The zero-order chi connectivity index (χ0) is 15.4. The molecule has 0 atom stereocenters. The van der Waals surface area contributed by atoms with Crippen LogP contribution in [0.2, 0.25) is 0 Å². The standard InChI is InChI=1S/C16H18N4O2/c21-15(13-3-1-5-17-11-13)19-7-2-8-20(10-9-19)16(22)14-4-6-18-12-14/h1,3-6,11-12,18H,2,7-10H2. The van der Waals surface area contributed by atoms with Crippen LogP contribution in [0.5, 0.6) is 0 Å². The summed E-state index contributed by atoms with van der Waals surface area (Å²) in [6.07, 6.45) is 7.45. The highest BCUT2D eigenvalue weighted by Crippen LogP contribution is 2.11. The van der Waals surface area contributed by atoms with Gasteiger partial charge in [-0.1, -0.05) is 0 Å². The lowest BCUT2D eigenvalue weighted by molar-refractivity contribution is 0.0718. The van der Waals surface area contributed by atoms with E-state index in [1.54, 1.807) is 52.8 Å². The molecule has 1 aliphatic rings. The molecule has 2 amide bonds. The minimum Gasteiger partial charge on any atom is -0.367 e. The molecule has 1 saturated heterocycles. The topological polar surface area (TPSA) is 69.3 Å². The van der Waals surface area contributed by atoms with Crippen molar-refractivity contribution in [1.29, 1.82) is 0 Å². The van der Waals surface area contributed by atoms with Gasteiger partial charge in [-0.05, 0) is 24.6 Å². The van der Waals surface area contributed by atoms with Crippen molar-refractivity contribution in [2.75, 3.05) is 26.2 Å². The van der Waals surface area contributed by atoms with E-state index in [9.17, 15) is 9.59 Å². The molecule has 2 aromatic heterocycles. The van der Waals surface area contributed by atoms with Gasteiger partial charge >= 0.3 is 0 Å². The van der Waals surface area contributed by atoms with Crippen LogP contribution >= 0.6 is 0 Å². The third-order valence-electron chi connectivity index (χ3n) is 3.82. The normalized spacial score (nSPS) is 15.5. The molecule has 0 bridgehead atoms. The van der Waals surface area contributed by atoms with E-state index in [1.807, 2.05) is 0 Å². The summed E-state index contributed by atoms with van der Waals surface area (Å²) < 4.78 is 0. The third kappa shape index (κ3) is 3.00. The highest BCUT2D eigenvalue weighted by molar-refractivity contribution is 5.95. The molecule has 0 aromatic carbocycles. The number of aromatic amines is 1. The SMILES string of the molecule is O=C(c1cccnc1)N1CCCN(C(=O)c2cc[nH]c2)CC1. The summed E-state index contributed by atoms with van der Waals surface area (Å²) in [4.78, 5) is 35.3. The van der Waals surface area contributed by atoms with E-state index < -0.39 is 0 Å². The molecular formula is C16H18N4O2. The fourth-order valence-electron chi connectivity index (χ4n) is 2.63. The summed E-state index contributed by atoms with van der Waals surface area (Å²) in [5.74, 6) is -0.0130. The maximum atomic E-state index is 12.4. The van der Waals surface area contributed by atoms with Crippen LogP contribution in [0.3, 0.4) is 0 Å². The molecule has 0 saturated carbocycles. The molecule has 0 radical (unpaired) electrons. The first-order valence-electron chi connectivity index (χ1n) is 7.37. The van der Waals surface area contributed by atoms with Crippen molar-refractivity contribution in [3.05, 3.63) is 54.1 Å². The molecular weight excluding hydrogens is 280 g/mol. The maximum absolute atomic E-state index is 12.4. The van der Waals surface area contributed by atoms with Gasteiger partial charge in [-0.2, -0.15) is 0 Å². The van der Waals surface area contributed by atoms with Gasteiger partial charge in [0.1, 0.15) is 0 Å². The number of carbonyl (C=O) groups excluding carboxylic acids is 2. The van der Waals surface area contributed by atoms with Crippen LogP contribution < -0.4 is 0 Å². The second-order valence-electron chi connectivity index (χ2n) is 5.28. The quantitative estimate of drug-likeness (QED) is 0.911. The number of H-pyrrole nitrogens is 1. The molecule has 1 aliphatic heterocycles. The van der Waals surface area contributed by atoms with Crippen LogP contribution in [0.1, 0.15) is 27.1 Å². The highest BCUT2D eigenvalue weighted by Gasteiger charge is 2.23. The van der Waals surface area contributed by atoms with Gasteiger partial charge in [0, 0.05) is 51.0 Å². The fraction of sp³-hybridized carbons (Fsp3) is 0.312. The Hall–Kier alpha value is -2.63. The number of hydrogen-bond acceptors (Lipinski definition) is 3. The summed E-state index contributed by atoms with van der Waals surface area (Å²) in [7, 11) is 0. The van der Waals surface area contributed by atoms with Crippen molar-refractivity contribution >= 4 is 11.8 Å². The van der Waals surface area contributed by atoms with E-state index in [1.165, 1.54) is 0 Å². The van der Waals surface area contributed by atoms with E-state index in [-0.39, 0.29) is 11.8 Å². The van der Waals surface area contributed by atoms with Gasteiger partial charge < -0.3 is 14.8 Å². The van der Waals surface area contributed by atoms with Gasteiger partial charge in [-0.3, -0.25) is 14.6 Å². The Kier molecular flexibility index (Phi) is 4.18. The minimum atomic E-state index is -0.0240.